The summed E-state index contributed by atoms with van der Waals surface area (Å²) in [4.78, 5) is 4.17. The van der Waals surface area contributed by atoms with E-state index in [9.17, 15) is 13.9 Å². The molecule has 0 fully saturated rings. The molecule has 4 rings (SSSR count). The number of benzene rings is 2. The van der Waals surface area contributed by atoms with Gasteiger partial charge in [-0.1, -0.05) is 35.5 Å². The van der Waals surface area contributed by atoms with E-state index in [1.165, 1.54) is 12.1 Å². The minimum Gasteiger partial charge on any atom is -0.356 e. The highest BCUT2D eigenvalue weighted by Gasteiger charge is 2.27. The van der Waals surface area contributed by atoms with Gasteiger partial charge in [0, 0.05) is 17.4 Å². The van der Waals surface area contributed by atoms with E-state index < -0.39 is 27.6 Å². The molecule has 2 aromatic heterocycles. The molecule has 174 valence electrons. The number of pyridine rings is 1. The molecule has 1 N–H and O–H groups in total. The largest absolute Gasteiger partial charge is 0.356 e. The van der Waals surface area contributed by atoms with Crippen molar-refractivity contribution in [3.63, 3.8) is 0 Å². The van der Waals surface area contributed by atoms with Gasteiger partial charge in [-0.2, -0.15) is 5.26 Å². The van der Waals surface area contributed by atoms with Gasteiger partial charge < -0.3 is 4.52 Å². The average Bonchev–Trinajstić information content (AvgIpc) is 3.22. The van der Waals surface area contributed by atoms with E-state index in [4.69, 9.17) is 4.52 Å². The molecule has 0 amide bonds. The molecule has 0 spiro atoms. The second kappa shape index (κ2) is 9.45. The molecule has 0 radical (unpaired) electrons. The van der Waals surface area contributed by atoms with Crippen molar-refractivity contribution >= 4 is 22.0 Å². The van der Waals surface area contributed by atoms with E-state index in [0.29, 0.717) is 11.3 Å². The molecule has 0 aliphatic heterocycles. The van der Waals surface area contributed by atoms with Crippen LogP contribution in [0.2, 0.25) is 0 Å². The molecule has 2 aromatic carbocycles. The van der Waals surface area contributed by atoms with Gasteiger partial charge in [-0.15, -0.1) is 0 Å². The van der Waals surface area contributed by atoms with Crippen LogP contribution in [-0.2, 0) is 17.4 Å². The monoisotopic (exact) mass is 476 g/mol. The van der Waals surface area contributed by atoms with Crippen molar-refractivity contribution in [2.24, 2.45) is 0 Å². The first-order valence-corrected chi connectivity index (χ1v) is 12.0. The Labute approximate surface area is 200 Å². The molecule has 4 aromatic rings. The minimum absolute atomic E-state index is 0.0923. The zero-order chi connectivity index (χ0) is 24.5. The maximum absolute atomic E-state index is 14.7. The maximum Gasteiger partial charge on any atom is 0.167 e. The molecule has 34 heavy (non-hydrogen) atoms. The van der Waals surface area contributed by atoms with E-state index in [2.05, 4.69) is 14.9 Å². The molecule has 2 heterocycles. The highest BCUT2D eigenvalue weighted by atomic mass is 32.2. The van der Waals surface area contributed by atoms with Gasteiger partial charge in [0.05, 0.1) is 27.5 Å². The Kier molecular flexibility index (Phi) is 6.60. The summed E-state index contributed by atoms with van der Waals surface area (Å²) in [5.74, 6) is -0.521. The molecular formula is C26H25FN4O2S. The normalized spacial score (nSPS) is 13.5. The third-order valence-corrected chi connectivity index (χ3v) is 7.07. The van der Waals surface area contributed by atoms with E-state index in [-0.39, 0.29) is 17.8 Å². The molecule has 0 bridgehead atoms. The number of fused-ring (bicyclic) bond motifs is 1. The number of hydrogen-bond donors (Lipinski definition) is 1. The first-order valence-electron chi connectivity index (χ1n) is 10.9. The van der Waals surface area contributed by atoms with Gasteiger partial charge in [-0.05, 0) is 63.1 Å². The Balaban J connectivity index is 1.84. The first kappa shape index (κ1) is 23.7. The fraction of sp³-hybridized carbons (Fsp3) is 0.269. The standard InChI is InChI=1S/C26H25FN4O2S/c1-16-9-11-20-24(13-16)33-30-25(20)19-8-6-5-7-18(19)22(31-34(32)26(2,3)4)14-23-21(27)12-10-17(15-28)29-23/h5-13,22,31H,14H2,1-4H3. The maximum atomic E-state index is 14.7. The van der Waals surface area contributed by atoms with Crippen molar-refractivity contribution in [2.75, 3.05) is 0 Å². The highest BCUT2D eigenvalue weighted by molar-refractivity contribution is 7.84. The summed E-state index contributed by atoms with van der Waals surface area (Å²) >= 11 is 0. The summed E-state index contributed by atoms with van der Waals surface area (Å²) in [6, 6.07) is 17.4. The summed E-state index contributed by atoms with van der Waals surface area (Å²) in [7, 11) is -1.45. The van der Waals surface area contributed by atoms with Gasteiger partial charge in [-0.25, -0.2) is 18.3 Å². The number of rotatable bonds is 6. The number of nitrogens with one attached hydrogen (secondary N) is 1. The van der Waals surface area contributed by atoms with E-state index in [1.807, 2.05) is 76.2 Å². The van der Waals surface area contributed by atoms with Crippen LogP contribution in [0.4, 0.5) is 4.39 Å². The zero-order valence-electron chi connectivity index (χ0n) is 19.4. The number of hydrogen-bond acceptors (Lipinski definition) is 5. The predicted molar refractivity (Wildman–Crippen MR) is 131 cm³/mol. The SMILES string of the molecule is Cc1ccc2c(-c3ccccc3C(Cc3nc(C#N)ccc3F)NS(=O)C(C)(C)C)noc2c1. The molecule has 0 aliphatic rings. The molecule has 6 nitrogen and oxygen atoms in total. The quantitative estimate of drug-likeness (QED) is 0.394. The van der Waals surface area contributed by atoms with E-state index in [1.54, 1.807) is 0 Å². The summed E-state index contributed by atoms with van der Waals surface area (Å²) in [6.07, 6.45) is 0.0923. The van der Waals surface area contributed by atoms with Crippen LogP contribution in [-0.4, -0.2) is 19.1 Å². The van der Waals surface area contributed by atoms with E-state index in [0.717, 1.165) is 22.1 Å². The lowest BCUT2D eigenvalue weighted by Crippen LogP contribution is -2.37. The number of aromatic nitrogens is 2. The number of halogens is 1. The third-order valence-electron chi connectivity index (χ3n) is 5.45. The lowest BCUT2D eigenvalue weighted by molar-refractivity contribution is 0.459. The Morgan fingerprint density at radius 3 is 2.68 bits per heavy atom. The van der Waals surface area contributed by atoms with Gasteiger partial charge >= 0.3 is 0 Å². The summed E-state index contributed by atoms with van der Waals surface area (Å²) in [5, 5.41) is 14.4. The van der Waals surface area contributed by atoms with Crippen molar-refractivity contribution in [1.82, 2.24) is 14.9 Å². The van der Waals surface area contributed by atoms with Crippen LogP contribution in [0.1, 0.15) is 49.3 Å². The molecule has 0 saturated carbocycles. The number of aryl methyl sites for hydroxylation is 1. The molecular weight excluding hydrogens is 451 g/mol. The van der Waals surface area contributed by atoms with Crippen LogP contribution in [0.15, 0.2) is 59.1 Å². The van der Waals surface area contributed by atoms with Crippen LogP contribution < -0.4 is 4.72 Å². The van der Waals surface area contributed by atoms with Gasteiger partial charge in [0.25, 0.3) is 0 Å². The molecule has 8 heteroatoms. The Hall–Kier alpha value is -3.41. The second-order valence-electron chi connectivity index (χ2n) is 9.11. The van der Waals surface area contributed by atoms with Crippen molar-refractivity contribution in [3.05, 3.63) is 82.9 Å². The summed E-state index contributed by atoms with van der Waals surface area (Å²) < 4.78 is 36.0. The fourth-order valence-corrected chi connectivity index (χ4v) is 4.48. The lowest BCUT2D eigenvalue weighted by atomic mass is 9.94. The van der Waals surface area contributed by atoms with Crippen molar-refractivity contribution in [2.45, 2.75) is 44.9 Å². The number of nitriles is 1. The number of nitrogens with zero attached hydrogens (tertiary/aromatic N) is 3. The second-order valence-corrected chi connectivity index (χ2v) is 11.1. The Morgan fingerprint density at radius 2 is 1.94 bits per heavy atom. The Bertz CT molecular complexity index is 1420. The molecule has 0 aliphatic carbocycles. The van der Waals surface area contributed by atoms with Gasteiger partial charge in [0.15, 0.2) is 5.58 Å². The fourth-order valence-electron chi connectivity index (χ4n) is 3.66. The van der Waals surface area contributed by atoms with Crippen LogP contribution in [0, 0.1) is 24.1 Å². The van der Waals surface area contributed by atoms with Crippen LogP contribution >= 0.6 is 0 Å². The zero-order valence-corrected chi connectivity index (χ0v) is 20.2. The summed E-state index contributed by atoms with van der Waals surface area (Å²) in [6.45, 7) is 7.57. The van der Waals surface area contributed by atoms with Crippen LogP contribution in [0.25, 0.3) is 22.2 Å². The highest BCUT2D eigenvalue weighted by Crippen LogP contribution is 2.35. The van der Waals surface area contributed by atoms with Crippen LogP contribution in [0.5, 0.6) is 0 Å². The van der Waals surface area contributed by atoms with Gasteiger partial charge in [0.2, 0.25) is 0 Å². The van der Waals surface area contributed by atoms with Crippen LogP contribution in [0.3, 0.4) is 0 Å². The molecule has 2 unspecified atom stereocenters. The van der Waals surface area contributed by atoms with Crippen molar-refractivity contribution < 1.29 is 13.1 Å². The lowest BCUT2D eigenvalue weighted by Gasteiger charge is -2.26. The average molecular weight is 477 g/mol. The topological polar surface area (TPSA) is 91.8 Å². The predicted octanol–water partition coefficient (Wildman–Crippen LogP) is 5.54. The van der Waals surface area contributed by atoms with E-state index >= 15 is 0 Å². The summed E-state index contributed by atoms with van der Waals surface area (Å²) in [5.41, 5.74) is 4.18. The van der Waals surface area contributed by atoms with Gasteiger partial charge in [0.1, 0.15) is 23.3 Å². The molecule has 2 atom stereocenters. The molecule has 0 saturated heterocycles. The van der Waals surface area contributed by atoms with Crippen molar-refractivity contribution in [3.8, 4) is 17.3 Å². The Morgan fingerprint density at radius 1 is 1.18 bits per heavy atom. The third kappa shape index (κ3) is 4.91. The smallest absolute Gasteiger partial charge is 0.167 e. The first-order chi connectivity index (χ1) is 16.2. The van der Waals surface area contributed by atoms with Crippen molar-refractivity contribution in [1.29, 1.82) is 5.26 Å². The van der Waals surface area contributed by atoms with Gasteiger partial charge in [-0.3, -0.25) is 0 Å². The minimum atomic E-state index is -1.45.